The monoisotopic (exact) mass is 277 g/mol. The summed E-state index contributed by atoms with van der Waals surface area (Å²) >= 11 is 0. The fraction of sp³-hybridized carbons (Fsp3) is 0.143. The Balaban J connectivity index is 2.50. The van der Waals surface area contributed by atoms with E-state index in [0.29, 0.717) is 11.1 Å². The van der Waals surface area contributed by atoms with Gasteiger partial charge >= 0.3 is 5.97 Å². The van der Waals surface area contributed by atoms with Gasteiger partial charge in [-0.25, -0.2) is 14.2 Å². The lowest BCUT2D eigenvalue weighted by Crippen LogP contribution is -2.02. The minimum atomic E-state index is -1.16. The van der Waals surface area contributed by atoms with Crippen LogP contribution in [0.25, 0.3) is 11.1 Å². The van der Waals surface area contributed by atoms with Crippen LogP contribution in [0.15, 0.2) is 30.5 Å². The predicted octanol–water partition coefficient (Wildman–Crippen LogP) is 2.60. The van der Waals surface area contributed by atoms with Crippen molar-refractivity contribution >= 4 is 5.97 Å². The molecule has 0 saturated heterocycles. The largest absolute Gasteiger partial charge is 0.494 e. The zero-order valence-corrected chi connectivity index (χ0v) is 10.9. The number of rotatable bonds is 4. The predicted molar refractivity (Wildman–Crippen MR) is 69.7 cm³/mol. The second-order valence-corrected chi connectivity index (χ2v) is 3.94. The van der Waals surface area contributed by atoms with Gasteiger partial charge in [-0.2, -0.15) is 0 Å². The number of carboxylic acid groups (broad SMARTS) is 1. The Morgan fingerprint density at radius 3 is 2.50 bits per heavy atom. The molecule has 2 rings (SSSR count). The van der Waals surface area contributed by atoms with Crippen molar-refractivity contribution < 1.29 is 23.8 Å². The van der Waals surface area contributed by atoms with Crippen LogP contribution < -0.4 is 9.47 Å². The van der Waals surface area contributed by atoms with Gasteiger partial charge in [0.05, 0.1) is 14.2 Å². The van der Waals surface area contributed by atoms with Crippen LogP contribution in [0.1, 0.15) is 10.4 Å². The molecular weight excluding hydrogens is 265 g/mol. The number of methoxy groups -OCH3 is 2. The van der Waals surface area contributed by atoms with E-state index in [1.54, 1.807) is 6.07 Å². The molecule has 1 aromatic carbocycles. The van der Waals surface area contributed by atoms with Crippen LogP contribution >= 0.6 is 0 Å². The highest BCUT2D eigenvalue weighted by Crippen LogP contribution is 2.27. The average molecular weight is 277 g/mol. The van der Waals surface area contributed by atoms with E-state index in [1.165, 1.54) is 38.6 Å². The third-order valence-corrected chi connectivity index (χ3v) is 2.76. The summed E-state index contributed by atoms with van der Waals surface area (Å²) in [4.78, 5) is 15.0. The molecule has 0 aliphatic carbocycles. The molecule has 6 heteroatoms. The molecule has 104 valence electrons. The zero-order valence-electron chi connectivity index (χ0n) is 10.9. The lowest BCUT2D eigenvalue weighted by Gasteiger charge is -2.08. The Labute approximate surface area is 114 Å². The molecule has 0 aliphatic heterocycles. The van der Waals surface area contributed by atoms with Crippen molar-refractivity contribution in [3.63, 3.8) is 0 Å². The number of aromatic nitrogens is 1. The first-order valence-electron chi connectivity index (χ1n) is 5.68. The second-order valence-electron chi connectivity index (χ2n) is 3.94. The molecular formula is C14H12FNO4. The van der Waals surface area contributed by atoms with E-state index in [4.69, 9.17) is 14.6 Å². The summed E-state index contributed by atoms with van der Waals surface area (Å²) in [6.45, 7) is 0. The van der Waals surface area contributed by atoms with Gasteiger partial charge in [-0.1, -0.05) is 6.07 Å². The van der Waals surface area contributed by atoms with Gasteiger partial charge in [-0.05, 0) is 23.8 Å². The molecule has 0 spiro atoms. The minimum Gasteiger partial charge on any atom is -0.494 e. The van der Waals surface area contributed by atoms with E-state index in [9.17, 15) is 9.18 Å². The number of nitrogens with zero attached hydrogens (tertiary/aromatic N) is 1. The van der Waals surface area contributed by atoms with Gasteiger partial charge in [-0.15, -0.1) is 0 Å². The van der Waals surface area contributed by atoms with Gasteiger partial charge in [0, 0.05) is 11.8 Å². The third-order valence-electron chi connectivity index (χ3n) is 2.76. The van der Waals surface area contributed by atoms with Crippen LogP contribution in [-0.4, -0.2) is 30.3 Å². The van der Waals surface area contributed by atoms with Gasteiger partial charge in [0.1, 0.15) is 5.56 Å². The third kappa shape index (κ3) is 2.54. The van der Waals surface area contributed by atoms with Crippen LogP contribution in [0.2, 0.25) is 0 Å². The quantitative estimate of drug-likeness (QED) is 0.930. The van der Waals surface area contributed by atoms with Crippen LogP contribution in [0.3, 0.4) is 0 Å². The smallest absolute Gasteiger partial charge is 0.341 e. The molecule has 0 atom stereocenters. The number of carbonyl (C=O) groups is 1. The van der Waals surface area contributed by atoms with Crippen molar-refractivity contribution in [3.8, 4) is 22.8 Å². The van der Waals surface area contributed by atoms with Crippen LogP contribution in [0, 0.1) is 5.82 Å². The van der Waals surface area contributed by atoms with Crippen molar-refractivity contribution in [2.24, 2.45) is 0 Å². The summed E-state index contributed by atoms with van der Waals surface area (Å²) < 4.78 is 23.4. The Bertz CT molecular complexity index is 658. The van der Waals surface area contributed by atoms with E-state index in [0.717, 1.165) is 0 Å². The standard InChI is InChI=1S/C14H12FNO4/c1-19-12-4-3-8(6-11(12)15)9-5-10(14(17)18)13(20-2)16-7-9/h3-7H,1-2H3,(H,17,18). The Hall–Kier alpha value is -2.63. The molecule has 0 amide bonds. The second kappa shape index (κ2) is 5.56. The number of carboxylic acids is 1. The summed E-state index contributed by atoms with van der Waals surface area (Å²) in [7, 11) is 2.71. The number of halogens is 1. The molecule has 20 heavy (non-hydrogen) atoms. The number of ether oxygens (including phenoxy) is 2. The number of benzene rings is 1. The molecule has 2 aromatic rings. The van der Waals surface area contributed by atoms with Gasteiger partial charge < -0.3 is 14.6 Å². The van der Waals surface area contributed by atoms with Crippen LogP contribution in [0.4, 0.5) is 4.39 Å². The molecule has 1 heterocycles. The van der Waals surface area contributed by atoms with Crippen molar-refractivity contribution in [2.45, 2.75) is 0 Å². The first-order valence-corrected chi connectivity index (χ1v) is 5.68. The van der Waals surface area contributed by atoms with Crippen molar-refractivity contribution in [2.75, 3.05) is 14.2 Å². The first-order chi connectivity index (χ1) is 9.56. The Morgan fingerprint density at radius 2 is 1.95 bits per heavy atom. The fourth-order valence-electron chi connectivity index (χ4n) is 1.77. The lowest BCUT2D eigenvalue weighted by atomic mass is 10.1. The average Bonchev–Trinajstić information content (AvgIpc) is 2.46. The Kier molecular flexibility index (Phi) is 3.84. The number of pyridine rings is 1. The highest BCUT2D eigenvalue weighted by Gasteiger charge is 2.14. The fourth-order valence-corrected chi connectivity index (χ4v) is 1.77. The molecule has 0 fully saturated rings. The lowest BCUT2D eigenvalue weighted by molar-refractivity contribution is 0.0692. The van der Waals surface area contributed by atoms with Crippen LogP contribution in [-0.2, 0) is 0 Å². The van der Waals surface area contributed by atoms with Crippen molar-refractivity contribution in [3.05, 3.63) is 41.8 Å². The molecule has 1 N–H and O–H groups in total. The highest BCUT2D eigenvalue weighted by molar-refractivity contribution is 5.91. The van der Waals surface area contributed by atoms with Crippen LogP contribution in [0.5, 0.6) is 11.6 Å². The maximum atomic E-state index is 13.7. The molecule has 5 nitrogen and oxygen atoms in total. The van der Waals surface area contributed by atoms with Gasteiger partial charge in [0.15, 0.2) is 11.6 Å². The summed E-state index contributed by atoms with van der Waals surface area (Å²) in [5.74, 6) is -1.56. The van der Waals surface area contributed by atoms with Gasteiger partial charge in [0.2, 0.25) is 5.88 Å². The number of hydrogen-bond donors (Lipinski definition) is 1. The maximum Gasteiger partial charge on any atom is 0.341 e. The normalized spacial score (nSPS) is 10.2. The topological polar surface area (TPSA) is 68.7 Å². The SMILES string of the molecule is COc1ccc(-c2cnc(OC)c(C(=O)O)c2)cc1F. The van der Waals surface area contributed by atoms with E-state index in [-0.39, 0.29) is 17.2 Å². The zero-order chi connectivity index (χ0) is 14.7. The summed E-state index contributed by atoms with van der Waals surface area (Å²) in [6, 6.07) is 5.73. The van der Waals surface area contributed by atoms with E-state index >= 15 is 0 Å². The van der Waals surface area contributed by atoms with Crippen molar-refractivity contribution in [1.82, 2.24) is 4.98 Å². The van der Waals surface area contributed by atoms with Gasteiger partial charge in [-0.3, -0.25) is 0 Å². The Morgan fingerprint density at radius 1 is 1.20 bits per heavy atom. The molecule has 0 unspecified atom stereocenters. The molecule has 0 aliphatic rings. The van der Waals surface area contributed by atoms with Crippen molar-refractivity contribution in [1.29, 1.82) is 0 Å². The first kappa shape index (κ1) is 13.8. The molecule has 0 saturated carbocycles. The summed E-state index contributed by atoms with van der Waals surface area (Å²) in [5, 5.41) is 9.09. The molecule has 1 aromatic heterocycles. The van der Waals surface area contributed by atoms with E-state index < -0.39 is 11.8 Å². The highest BCUT2D eigenvalue weighted by atomic mass is 19.1. The number of hydrogen-bond acceptors (Lipinski definition) is 4. The summed E-state index contributed by atoms with van der Waals surface area (Å²) in [5.41, 5.74) is 0.895. The number of aromatic carboxylic acids is 1. The minimum absolute atomic E-state index is 0.00948. The molecule has 0 bridgehead atoms. The molecule has 0 radical (unpaired) electrons. The summed E-state index contributed by atoms with van der Waals surface area (Å²) in [6.07, 6.45) is 1.42. The van der Waals surface area contributed by atoms with Gasteiger partial charge in [0.25, 0.3) is 0 Å². The van der Waals surface area contributed by atoms with E-state index in [1.807, 2.05) is 0 Å². The maximum absolute atomic E-state index is 13.7. The van der Waals surface area contributed by atoms with E-state index in [2.05, 4.69) is 4.98 Å².